The molecule has 0 amide bonds. The highest BCUT2D eigenvalue weighted by atomic mass is 35.5. The Morgan fingerprint density at radius 1 is 1.08 bits per heavy atom. The van der Waals surface area contributed by atoms with E-state index in [0.717, 1.165) is 28.1 Å². The molecule has 2 aliphatic rings. The molecule has 5 heteroatoms. The van der Waals surface area contributed by atoms with E-state index in [1.807, 2.05) is 67.7 Å². The molecule has 0 aromatic heterocycles. The number of halogens is 2. The van der Waals surface area contributed by atoms with E-state index in [1.54, 1.807) is 0 Å². The standard InChI is InChI=1S/C21H15Cl2NOS/c1-24-16-10-3-2-6-12(16)20(21(25)26)19-13(7-4-11-17(19)24)18-14(22)8-5-9-15(18)23/h2-11,13H,1H3,(H,25,26). The van der Waals surface area contributed by atoms with Crippen LogP contribution in [0.25, 0.3) is 5.57 Å². The van der Waals surface area contributed by atoms with Crippen molar-refractivity contribution in [3.05, 3.63) is 93.1 Å². The van der Waals surface area contributed by atoms with Crippen LogP contribution in [0.1, 0.15) is 17.0 Å². The van der Waals surface area contributed by atoms with Gasteiger partial charge in [0, 0.05) is 51.1 Å². The third-order valence-corrected chi connectivity index (χ3v) is 5.72. The summed E-state index contributed by atoms with van der Waals surface area (Å²) in [7, 11) is 1.99. The summed E-state index contributed by atoms with van der Waals surface area (Å²) in [5.41, 5.74) is 5.06. The Balaban J connectivity index is 2.06. The highest BCUT2D eigenvalue weighted by molar-refractivity contribution is 7.98. The predicted molar refractivity (Wildman–Crippen MR) is 112 cm³/mol. The lowest BCUT2D eigenvalue weighted by Gasteiger charge is -2.37. The molecule has 1 unspecified atom stereocenters. The Labute approximate surface area is 167 Å². The molecular weight excluding hydrogens is 385 g/mol. The number of nitrogens with zero attached hydrogens (tertiary/aromatic N) is 1. The van der Waals surface area contributed by atoms with Crippen molar-refractivity contribution in [2.75, 3.05) is 11.9 Å². The minimum absolute atomic E-state index is 0.224. The monoisotopic (exact) mass is 399 g/mol. The molecule has 0 saturated carbocycles. The number of carbonyl (C=O) groups is 1. The molecule has 1 aliphatic carbocycles. The number of fused-ring (bicyclic) bond motifs is 2. The van der Waals surface area contributed by atoms with Gasteiger partial charge >= 0.3 is 0 Å². The zero-order chi connectivity index (χ0) is 18.4. The molecule has 1 atom stereocenters. The van der Waals surface area contributed by atoms with E-state index in [1.165, 1.54) is 0 Å². The van der Waals surface area contributed by atoms with Crippen molar-refractivity contribution in [3.63, 3.8) is 0 Å². The first kappa shape index (κ1) is 17.5. The minimum atomic E-state index is -0.269. The molecule has 2 aromatic carbocycles. The lowest BCUT2D eigenvalue weighted by molar-refractivity contribution is -0.106. The molecule has 0 fully saturated rings. The van der Waals surface area contributed by atoms with Crippen LogP contribution in [-0.4, -0.2) is 12.2 Å². The molecule has 2 aromatic rings. The second-order valence-electron chi connectivity index (χ2n) is 6.22. The second-order valence-corrected chi connectivity index (χ2v) is 7.44. The highest BCUT2D eigenvalue weighted by Gasteiger charge is 2.35. The maximum Gasteiger partial charge on any atom is 0.217 e. The summed E-state index contributed by atoms with van der Waals surface area (Å²) in [4.78, 5) is 14.6. The molecule has 26 heavy (non-hydrogen) atoms. The number of benzene rings is 2. The largest absolute Gasteiger partial charge is 0.344 e. The van der Waals surface area contributed by atoms with Crippen molar-refractivity contribution in [2.24, 2.45) is 0 Å². The second kappa shape index (κ2) is 6.66. The highest BCUT2D eigenvalue weighted by Crippen LogP contribution is 2.49. The minimum Gasteiger partial charge on any atom is -0.344 e. The summed E-state index contributed by atoms with van der Waals surface area (Å²) in [6.45, 7) is 0. The number of anilines is 1. The first-order valence-corrected chi connectivity index (χ1v) is 9.34. The van der Waals surface area contributed by atoms with E-state index < -0.39 is 0 Å². The molecule has 0 radical (unpaired) electrons. The van der Waals surface area contributed by atoms with Crippen LogP contribution in [0.4, 0.5) is 5.69 Å². The van der Waals surface area contributed by atoms with Crippen molar-refractivity contribution in [1.29, 1.82) is 0 Å². The van der Waals surface area contributed by atoms with Gasteiger partial charge in [-0.25, -0.2) is 0 Å². The molecule has 0 bridgehead atoms. The molecule has 1 heterocycles. The number of hydrogen-bond donors (Lipinski definition) is 1. The number of allylic oxidation sites excluding steroid dienone is 4. The summed E-state index contributed by atoms with van der Waals surface area (Å²) in [5, 5.41) is 0.886. The van der Waals surface area contributed by atoms with Crippen molar-refractivity contribution in [1.82, 2.24) is 0 Å². The van der Waals surface area contributed by atoms with E-state index in [4.69, 9.17) is 23.2 Å². The fourth-order valence-electron chi connectivity index (χ4n) is 3.71. The lowest BCUT2D eigenvalue weighted by atomic mass is 9.78. The van der Waals surface area contributed by atoms with Gasteiger partial charge in [0.1, 0.15) is 0 Å². The van der Waals surface area contributed by atoms with Gasteiger partial charge in [-0.1, -0.05) is 59.6 Å². The Hall–Kier alpha value is -1.94. The normalized spacial score (nSPS) is 18.4. The molecule has 0 N–H and O–H groups in total. The van der Waals surface area contributed by atoms with Gasteiger partial charge < -0.3 is 4.90 Å². The fraction of sp³-hybridized carbons (Fsp3) is 0.0952. The SMILES string of the molecule is CN1C2=CC=CC(c3c(Cl)cccc3Cl)C2=C(C(=O)S)c2ccccc21. The smallest absolute Gasteiger partial charge is 0.217 e. The molecule has 0 saturated heterocycles. The summed E-state index contributed by atoms with van der Waals surface area (Å²) in [6, 6.07) is 13.3. The molecular formula is C21H15Cl2NOS. The number of para-hydroxylation sites is 1. The van der Waals surface area contributed by atoms with E-state index in [0.29, 0.717) is 15.6 Å². The van der Waals surface area contributed by atoms with Crippen LogP contribution < -0.4 is 4.90 Å². The van der Waals surface area contributed by atoms with Crippen LogP contribution >= 0.6 is 35.8 Å². The van der Waals surface area contributed by atoms with E-state index >= 15 is 0 Å². The maximum absolute atomic E-state index is 12.5. The van der Waals surface area contributed by atoms with Crippen molar-refractivity contribution >= 4 is 52.2 Å². The molecule has 4 rings (SSSR count). The zero-order valence-electron chi connectivity index (χ0n) is 13.9. The number of carbonyl (C=O) groups excluding carboxylic acids is 1. The topological polar surface area (TPSA) is 20.3 Å². The summed E-state index contributed by atoms with van der Waals surface area (Å²) in [5.74, 6) is -0.224. The summed E-state index contributed by atoms with van der Waals surface area (Å²) >= 11 is 17.1. The first-order valence-electron chi connectivity index (χ1n) is 8.14. The molecule has 130 valence electrons. The van der Waals surface area contributed by atoms with Gasteiger partial charge in [0.15, 0.2) is 0 Å². The first-order chi connectivity index (χ1) is 12.5. The zero-order valence-corrected chi connectivity index (χ0v) is 16.3. The Kier molecular flexibility index (Phi) is 4.47. The van der Waals surface area contributed by atoms with E-state index in [-0.39, 0.29) is 11.0 Å². The Morgan fingerprint density at radius 3 is 2.46 bits per heavy atom. The third-order valence-electron chi connectivity index (χ3n) is 4.83. The van der Waals surface area contributed by atoms with Crippen molar-refractivity contribution in [3.8, 4) is 0 Å². The van der Waals surface area contributed by atoms with E-state index in [9.17, 15) is 4.79 Å². The number of likely N-dealkylation sites (N-methyl/N-ethyl adjacent to an activating group) is 1. The third kappa shape index (κ3) is 2.62. The van der Waals surface area contributed by atoms with Crippen LogP contribution in [0.3, 0.4) is 0 Å². The summed E-state index contributed by atoms with van der Waals surface area (Å²) < 4.78 is 0. The molecule has 0 spiro atoms. The number of rotatable bonds is 2. The number of thiol groups is 1. The molecule has 1 aliphatic heterocycles. The van der Waals surface area contributed by atoms with Gasteiger partial charge in [-0.05, 0) is 29.8 Å². The molecule has 2 nitrogen and oxygen atoms in total. The quantitative estimate of drug-likeness (QED) is 0.635. The summed E-state index contributed by atoms with van der Waals surface area (Å²) in [6.07, 6.45) is 6.00. The maximum atomic E-state index is 12.5. The Morgan fingerprint density at radius 2 is 1.77 bits per heavy atom. The van der Waals surface area contributed by atoms with Crippen LogP contribution in [0, 0.1) is 0 Å². The van der Waals surface area contributed by atoms with Gasteiger partial charge in [-0.3, -0.25) is 4.79 Å². The van der Waals surface area contributed by atoms with Gasteiger partial charge in [-0.15, -0.1) is 12.6 Å². The lowest BCUT2D eigenvalue weighted by Crippen LogP contribution is -2.28. The van der Waals surface area contributed by atoms with Gasteiger partial charge in [-0.2, -0.15) is 0 Å². The van der Waals surface area contributed by atoms with Crippen LogP contribution in [0.2, 0.25) is 10.0 Å². The fourth-order valence-corrected chi connectivity index (χ4v) is 4.58. The van der Waals surface area contributed by atoms with Crippen molar-refractivity contribution < 1.29 is 4.79 Å². The van der Waals surface area contributed by atoms with Crippen molar-refractivity contribution in [2.45, 2.75) is 5.92 Å². The predicted octanol–water partition coefficient (Wildman–Crippen LogP) is 5.89. The number of hydrogen-bond acceptors (Lipinski definition) is 2. The van der Waals surface area contributed by atoms with Crippen LogP contribution in [0.15, 0.2) is 72.0 Å². The average molecular weight is 400 g/mol. The average Bonchev–Trinajstić information content (AvgIpc) is 2.62. The van der Waals surface area contributed by atoms with Gasteiger partial charge in [0.25, 0.3) is 0 Å². The van der Waals surface area contributed by atoms with Crippen LogP contribution in [0.5, 0.6) is 0 Å². The van der Waals surface area contributed by atoms with Crippen LogP contribution in [-0.2, 0) is 4.79 Å². The van der Waals surface area contributed by atoms with Gasteiger partial charge in [0.05, 0.1) is 0 Å². The Bertz CT molecular complexity index is 1000. The van der Waals surface area contributed by atoms with E-state index in [2.05, 4.69) is 17.5 Å². The van der Waals surface area contributed by atoms with Gasteiger partial charge in [0.2, 0.25) is 5.12 Å².